The first kappa shape index (κ1) is 9.57. The first-order chi connectivity index (χ1) is 6.79. The van der Waals surface area contributed by atoms with E-state index in [1.807, 2.05) is 0 Å². The third kappa shape index (κ3) is 2.28. The second-order valence-corrected chi connectivity index (χ2v) is 4.30. The standard InChI is InChI=1S/C13H18O/c1-10-3-7-12(13(9-10)14-2)8-6-11-4-5-11/h3,7,9,11H,4-6,8H2,1-2H3. The van der Waals surface area contributed by atoms with Crippen molar-refractivity contribution in [2.24, 2.45) is 5.92 Å². The molecule has 0 heterocycles. The second-order valence-electron chi connectivity index (χ2n) is 4.30. The van der Waals surface area contributed by atoms with Crippen LogP contribution in [0.3, 0.4) is 0 Å². The Bertz CT molecular complexity index is 313. The first-order valence-electron chi connectivity index (χ1n) is 5.43. The largest absolute Gasteiger partial charge is 0.496 e. The first-order valence-corrected chi connectivity index (χ1v) is 5.43. The SMILES string of the molecule is COc1cc(C)ccc1CCC1CC1. The summed E-state index contributed by atoms with van der Waals surface area (Å²) >= 11 is 0. The molecule has 1 aromatic rings. The number of hydrogen-bond donors (Lipinski definition) is 0. The van der Waals surface area contributed by atoms with Crippen molar-refractivity contribution in [3.63, 3.8) is 0 Å². The molecule has 0 bridgehead atoms. The van der Waals surface area contributed by atoms with Crippen LogP contribution >= 0.6 is 0 Å². The molecule has 0 aromatic heterocycles. The highest BCUT2D eigenvalue weighted by molar-refractivity contribution is 5.37. The number of rotatable bonds is 4. The summed E-state index contributed by atoms with van der Waals surface area (Å²) in [7, 11) is 1.76. The predicted octanol–water partition coefficient (Wildman–Crippen LogP) is 3.35. The zero-order valence-corrected chi connectivity index (χ0v) is 9.05. The van der Waals surface area contributed by atoms with Crippen molar-refractivity contribution >= 4 is 0 Å². The van der Waals surface area contributed by atoms with Crippen LogP contribution in [0.4, 0.5) is 0 Å². The summed E-state index contributed by atoms with van der Waals surface area (Å²) in [6, 6.07) is 6.50. The van der Waals surface area contributed by atoms with Gasteiger partial charge in [0.2, 0.25) is 0 Å². The van der Waals surface area contributed by atoms with Crippen LogP contribution in [0.2, 0.25) is 0 Å². The molecule has 76 valence electrons. The summed E-state index contributed by atoms with van der Waals surface area (Å²) in [6.07, 6.45) is 5.38. The summed E-state index contributed by atoms with van der Waals surface area (Å²) in [4.78, 5) is 0. The van der Waals surface area contributed by atoms with Crippen molar-refractivity contribution < 1.29 is 4.74 Å². The van der Waals surface area contributed by atoms with E-state index in [2.05, 4.69) is 25.1 Å². The molecule has 1 aliphatic carbocycles. The van der Waals surface area contributed by atoms with E-state index in [1.54, 1.807) is 7.11 Å². The van der Waals surface area contributed by atoms with E-state index in [1.165, 1.54) is 36.8 Å². The monoisotopic (exact) mass is 190 g/mol. The van der Waals surface area contributed by atoms with Gasteiger partial charge in [0.1, 0.15) is 5.75 Å². The van der Waals surface area contributed by atoms with Crippen LogP contribution in [-0.2, 0) is 6.42 Å². The predicted molar refractivity (Wildman–Crippen MR) is 58.8 cm³/mol. The second kappa shape index (κ2) is 4.04. The Morgan fingerprint density at radius 2 is 2.14 bits per heavy atom. The Morgan fingerprint density at radius 3 is 2.79 bits per heavy atom. The van der Waals surface area contributed by atoms with E-state index >= 15 is 0 Å². The molecule has 1 aliphatic rings. The molecule has 0 saturated heterocycles. The van der Waals surface area contributed by atoms with Crippen molar-refractivity contribution in [3.8, 4) is 5.75 Å². The normalized spacial score (nSPS) is 15.6. The van der Waals surface area contributed by atoms with Gasteiger partial charge in [-0.2, -0.15) is 0 Å². The van der Waals surface area contributed by atoms with Crippen molar-refractivity contribution in [1.82, 2.24) is 0 Å². The minimum atomic E-state index is 1.00. The van der Waals surface area contributed by atoms with Crippen LogP contribution < -0.4 is 4.74 Å². The molecule has 0 spiro atoms. The van der Waals surface area contributed by atoms with Crippen LogP contribution in [0, 0.1) is 12.8 Å². The Balaban J connectivity index is 2.05. The number of ether oxygens (including phenoxy) is 1. The topological polar surface area (TPSA) is 9.23 Å². The molecule has 0 atom stereocenters. The van der Waals surface area contributed by atoms with Crippen LogP contribution in [0.5, 0.6) is 5.75 Å². The zero-order valence-electron chi connectivity index (χ0n) is 9.05. The molecule has 0 amide bonds. The lowest BCUT2D eigenvalue weighted by Crippen LogP contribution is -1.93. The van der Waals surface area contributed by atoms with E-state index < -0.39 is 0 Å². The molecular weight excluding hydrogens is 172 g/mol. The van der Waals surface area contributed by atoms with Crippen molar-refractivity contribution in [3.05, 3.63) is 29.3 Å². The minimum Gasteiger partial charge on any atom is -0.496 e. The maximum absolute atomic E-state index is 5.38. The molecular formula is C13H18O. The van der Waals surface area contributed by atoms with Crippen molar-refractivity contribution in [2.45, 2.75) is 32.6 Å². The molecule has 1 nitrogen and oxygen atoms in total. The smallest absolute Gasteiger partial charge is 0.122 e. The van der Waals surface area contributed by atoms with Gasteiger partial charge in [-0.15, -0.1) is 0 Å². The lowest BCUT2D eigenvalue weighted by molar-refractivity contribution is 0.408. The lowest BCUT2D eigenvalue weighted by atomic mass is 10.0. The molecule has 1 fully saturated rings. The van der Waals surface area contributed by atoms with Gasteiger partial charge in [0.15, 0.2) is 0 Å². The van der Waals surface area contributed by atoms with Crippen LogP contribution in [0.1, 0.15) is 30.4 Å². The van der Waals surface area contributed by atoms with Gasteiger partial charge in [0, 0.05) is 0 Å². The Labute approximate surface area is 86.1 Å². The highest BCUT2D eigenvalue weighted by atomic mass is 16.5. The molecule has 2 rings (SSSR count). The van der Waals surface area contributed by atoms with Crippen LogP contribution in [0.15, 0.2) is 18.2 Å². The molecule has 1 saturated carbocycles. The number of methoxy groups -OCH3 is 1. The van der Waals surface area contributed by atoms with Gasteiger partial charge in [-0.25, -0.2) is 0 Å². The third-order valence-corrected chi connectivity index (χ3v) is 2.96. The highest BCUT2D eigenvalue weighted by Gasteiger charge is 2.21. The van der Waals surface area contributed by atoms with E-state index in [4.69, 9.17) is 4.74 Å². The Hall–Kier alpha value is -0.980. The number of benzene rings is 1. The molecule has 0 unspecified atom stereocenters. The van der Waals surface area contributed by atoms with E-state index in [9.17, 15) is 0 Å². The maximum Gasteiger partial charge on any atom is 0.122 e. The highest BCUT2D eigenvalue weighted by Crippen LogP contribution is 2.34. The zero-order chi connectivity index (χ0) is 9.97. The van der Waals surface area contributed by atoms with E-state index in [0.717, 1.165) is 11.7 Å². The molecule has 1 heteroatoms. The third-order valence-electron chi connectivity index (χ3n) is 2.96. The fourth-order valence-corrected chi connectivity index (χ4v) is 1.82. The van der Waals surface area contributed by atoms with E-state index in [0.29, 0.717) is 0 Å². The van der Waals surface area contributed by atoms with Gasteiger partial charge in [0.05, 0.1) is 7.11 Å². The average molecular weight is 190 g/mol. The summed E-state index contributed by atoms with van der Waals surface area (Å²) in [6.45, 7) is 2.10. The van der Waals surface area contributed by atoms with Crippen LogP contribution in [0.25, 0.3) is 0 Å². The fraction of sp³-hybridized carbons (Fsp3) is 0.538. The maximum atomic E-state index is 5.38. The van der Waals surface area contributed by atoms with Gasteiger partial charge < -0.3 is 4.74 Å². The lowest BCUT2D eigenvalue weighted by Gasteiger charge is -2.08. The summed E-state index contributed by atoms with van der Waals surface area (Å²) in [5.74, 6) is 2.06. The minimum absolute atomic E-state index is 1.00. The molecule has 0 aliphatic heterocycles. The molecule has 14 heavy (non-hydrogen) atoms. The van der Waals surface area contributed by atoms with Crippen molar-refractivity contribution in [2.75, 3.05) is 7.11 Å². The quantitative estimate of drug-likeness (QED) is 0.707. The summed E-state index contributed by atoms with van der Waals surface area (Å²) in [5, 5.41) is 0. The fourth-order valence-electron chi connectivity index (χ4n) is 1.82. The average Bonchev–Trinajstić information content (AvgIpc) is 2.99. The van der Waals surface area contributed by atoms with Gasteiger partial charge in [-0.1, -0.05) is 25.0 Å². The van der Waals surface area contributed by atoms with Gasteiger partial charge >= 0.3 is 0 Å². The van der Waals surface area contributed by atoms with Gasteiger partial charge in [-0.3, -0.25) is 0 Å². The van der Waals surface area contributed by atoms with Gasteiger partial charge in [-0.05, 0) is 42.9 Å². The molecule has 0 radical (unpaired) electrons. The summed E-state index contributed by atoms with van der Waals surface area (Å²) < 4.78 is 5.38. The Morgan fingerprint density at radius 1 is 1.36 bits per heavy atom. The molecule has 0 N–H and O–H groups in total. The Kier molecular flexibility index (Phi) is 2.76. The molecule has 1 aromatic carbocycles. The van der Waals surface area contributed by atoms with Crippen molar-refractivity contribution in [1.29, 1.82) is 0 Å². The number of aryl methyl sites for hydroxylation is 2. The summed E-state index contributed by atoms with van der Waals surface area (Å²) in [5.41, 5.74) is 2.64. The van der Waals surface area contributed by atoms with Crippen LogP contribution in [-0.4, -0.2) is 7.11 Å². The van der Waals surface area contributed by atoms with E-state index in [-0.39, 0.29) is 0 Å². The number of hydrogen-bond acceptors (Lipinski definition) is 1. The van der Waals surface area contributed by atoms with Gasteiger partial charge in [0.25, 0.3) is 0 Å².